The molecule has 1 fully saturated rings. The normalized spacial score (nSPS) is 15.8. The highest BCUT2D eigenvalue weighted by Crippen LogP contribution is 2.25. The lowest BCUT2D eigenvalue weighted by atomic mass is 10.0. The molecule has 0 spiro atoms. The summed E-state index contributed by atoms with van der Waals surface area (Å²) in [6.45, 7) is 4.89. The van der Waals surface area contributed by atoms with Crippen molar-refractivity contribution in [1.82, 2.24) is 10.2 Å². The third-order valence-electron chi connectivity index (χ3n) is 4.83. The van der Waals surface area contributed by atoms with E-state index in [2.05, 4.69) is 41.4 Å². The average Bonchev–Trinajstić information content (AvgIpc) is 3.17. The summed E-state index contributed by atoms with van der Waals surface area (Å²) in [5.74, 6) is 0.637. The number of carbonyl (C=O) groups is 1. The van der Waals surface area contributed by atoms with Crippen LogP contribution in [0.5, 0.6) is 5.75 Å². The second-order valence-electron chi connectivity index (χ2n) is 6.61. The van der Waals surface area contributed by atoms with Crippen LogP contribution in [0.3, 0.4) is 0 Å². The summed E-state index contributed by atoms with van der Waals surface area (Å²) in [6.07, 6.45) is 2.46. The third kappa shape index (κ3) is 4.40. The van der Waals surface area contributed by atoms with Crippen molar-refractivity contribution < 1.29 is 9.53 Å². The Morgan fingerprint density at radius 1 is 1.16 bits per heavy atom. The van der Waals surface area contributed by atoms with E-state index in [9.17, 15) is 4.79 Å². The number of amides is 1. The fourth-order valence-corrected chi connectivity index (χ4v) is 3.36. The van der Waals surface area contributed by atoms with E-state index in [4.69, 9.17) is 4.74 Å². The maximum atomic E-state index is 12.5. The first-order valence-electron chi connectivity index (χ1n) is 8.90. The first kappa shape index (κ1) is 17.5. The monoisotopic (exact) mass is 338 g/mol. The Kier molecular flexibility index (Phi) is 5.71. The SMILES string of the molecule is COc1cccc(C(=O)NC[C@@H](c2ccc(C)cc2)N2CCCC2)c1. The number of aryl methyl sites for hydroxylation is 1. The molecule has 3 rings (SSSR count). The molecule has 2 aromatic carbocycles. The van der Waals surface area contributed by atoms with Crippen molar-refractivity contribution in [3.05, 3.63) is 65.2 Å². The molecule has 1 aliphatic rings. The zero-order chi connectivity index (χ0) is 17.6. The minimum absolute atomic E-state index is 0.0600. The van der Waals surface area contributed by atoms with Gasteiger partial charge in [0.25, 0.3) is 5.91 Å². The standard InChI is InChI=1S/C21H26N2O2/c1-16-8-10-17(11-9-16)20(23-12-3-4-13-23)15-22-21(24)18-6-5-7-19(14-18)25-2/h5-11,14,20H,3-4,12-13,15H2,1-2H3,(H,22,24)/t20-/m0/s1. The summed E-state index contributed by atoms with van der Waals surface area (Å²) in [4.78, 5) is 15.0. The lowest BCUT2D eigenvalue weighted by Crippen LogP contribution is -2.36. The fourth-order valence-electron chi connectivity index (χ4n) is 3.36. The Morgan fingerprint density at radius 2 is 1.88 bits per heavy atom. The van der Waals surface area contributed by atoms with E-state index < -0.39 is 0 Å². The molecule has 1 aliphatic heterocycles. The zero-order valence-corrected chi connectivity index (χ0v) is 15.0. The zero-order valence-electron chi connectivity index (χ0n) is 15.0. The van der Waals surface area contributed by atoms with Gasteiger partial charge in [-0.15, -0.1) is 0 Å². The molecular weight excluding hydrogens is 312 g/mol. The van der Waals surface area contributed by atoms with E-state index in [-0.39, 0.29) is 11.9 Å². The number of benzene rings is 2. The number of carbonyl (C=O) groups excluding carboxylic acids is 1. The van der Waals surface area contributed by atoms with Crippen LogP contribution in [0, 0.1) is 6.92 Å². The van der Waals surface area contributed by atoms with Gasteiger partial charge in [0.2, 0.25) is 0 Å². The lowest BCUT2D eigenvalue weighted by molar-refractivity contribution is 0.0937. The van der Waals surface area contributed by atoms with Gasteiger partial charge in [0.1, 0.15) is 5.75 Å². The molecule has 0 aliphatic carbocycles. The average molecular weight is 338 g/mol. The number of nitrogens with one attached hydrogen (secondary N) is 1. The van der Waals surface area contributed by atoms with Crippen LogP contribution in [0.25, 0.3) is 0 Å². The first-order chi connectivity index (χ1) is 12.2. The van der Waals surface area contributed by atoms with Crippen LogP contribution in [0.4, 0.5) is 0 Å². The van der Waals surface area contributed by atoms with E-state index in [0.717, 1.165) is 13.1 Å². The first-order valence-corrected chi connectivity index (χ1v) is 8.90. The van der Waals surface area contributed by atoms with Gasteiger partial charge in [-0.3, -0.25) is 9.69 Å². The summed E-state index contributed by atoms with van der Waals surface area (Å²) in [7, 11) is 1.61. The highest BCUT2D eigenvalue weighted by atomic mass is 16.5. The largest absolute Gasteiger partial charge is 0.497 e. The van der Waals surface area contributed by atoms with Gasteiger partial charge in [0.15, 0.2) is 0 Å². The van der Waals surface area contributed by atoms with Crippen molar-refractivity contribution in [3.63, 3.8) is 0 Å². The van der Waals surface area contributed by atoms with Crippen LogP contribution < -0.4 is 10.1 Å². The maximum Gasteiger partial charge on any atom is 0.251 e. The quantitative estimate of drug-likeness (QED) is 0.875. The summed E-state index contributed by atoms with van der Waals surface area (Å²) in [6, 6.07) is 16.1. The Bertz CT molecular complexity index is 706. The van der Waals surface area contributed by atoms with Crippen LogP contribution in [-0.4, -0.2) is 37.6 Å². The lowest BCUT2D eigenvalue weighted by Gasteiger charge is -2.28. The van der Waals surface area contributed by atoms with E-state index in [0.29, 0.717) is 17.9 Å². The van der Waals surface area contributed by atoms with Crippen LogP contribution in [-0.2, 0) is 0 Å². The highest BCUT2D eigenvalue weighted by molar-refractivity contribution is 5.94. The van der Waals surface area contributed by atoms with Crippen LogP contribution in [0.15, 0.2) is 48.5 Å². The number of hydrogen-bond acceptors (Lipinski definition) is 3. The smallest absolute Gasteiger partial charge is 0.251 e. The van der Waals surface area contributed by atoms with Gasteiger partial charge < -0.3 is 10.1 Å². The molecule has 1 atom stereocenters. The summed E-state index contributed by atoms with van der Waals surface area (Å²) < 4.78 is 5.20. The summed E-state index contributed by atoms with van der Waals surface area (Å²) in [5.41, 5.74) is 3.14. The molecule has 2 aromatic rings. The van der Waals surface area contributed by atoms with Gasteiger partial charge in [-0.2, -0.15) is 0 Å². The van der Waals surface area contributed by atoms with Crippen molar-refractivity contribution >= 4 is 5.91 Å². The summed E-state index contributed by atoms with van der Waals surface area (Å²) in [5, 5.41) is 3.10. The molecule has 4 heteroatoms. The molecule has 1 saturated heterocycles. The van der Waals surface area contributed by atoms with E-state index in [1.54, 1.807) is 13.2 Å². The summed E-state index contributed by atoms with van der Waals surface area (Å²) >= 11 is 0. The molecule has 0 bridgehead atoms. The van der Waals surface area contributed by atoms with Gasteiger partial charge in [0.05, 0.1) is 13.2 Å². The van der Waals surface area contributed by atoms with E-state index in [1.807, 2.05) is 18.2 Å². The molecule has 25 heavy (non-hydrogen) atoms. The number of hydrogen-bond donors (Lipinski definition) is 1. The Balaban J connectivity index is 1.71. The molecule has 0 unspecified atom stereocenters. The van der Waals surface area contributed by atoms with Gasteiger partial charge in [0, 0.05) is 12.1 Å². The van der Waals surface area contributed by atoms with Crippen molar-refractivity contribution in [2.24, 2.45) is 0 Å². The Hall–Kier alpha value is -2.33. The van der Waals surface area contributed by atoms with Gasteiger partial charge >= 0.3 is 0 Å². The molecule has 0 radical (unpaired) electrons. The molecule has 0 aromatic heterocycles. The third-order valence-corrected chi connectivity index (χ3v) is 4.83. The van der Waals surface area contributed by atoms with Gasteiger partial charge in [-0.1, -0.05) is 35.9 Å². The number of rotatable bonds is 6. The maximum absolute atomic E-state index is 12.5. The molecule has 0 saturated carbocycles. The second-order valence-corrected chi connectivity index (χ2v) is 6.61. The van der Waals surface area contributed by atoms with E-state index in [1.165, 1.54) is 24.0 Å². The molecule has 1 heterocycles. The van der Waals surface area contributed by atoms with E-state index >= 15 is 0 Å². The fraction of sp³-hybridized carbons (Fsp3) is 0.381. The Labute approximate surface area is 149 Å². The van der Waals surface area contributed by atoms with Crippen LogP contribution in [0.1, 0.15) is 40.4 Å². The molecule has 1 N–H and O–H groups in total. The van der Waals surface area contributed by atoms with Crippen molar-refractivity contribution in [1.29, 1.82) is 0 Å². The van der Waals surface area contributed by atoms with Gasteiger partial charge in [-0.25, -0.2) is 0 Å². The minimum Gasteiger partial charge on any atom is -0.497 e. The van der Waals surface area contributed by atoms with Crippen molar-refractivity contribution in [2.75, 3.05) is 26.7 Å². The predicted octanol–water partition coefficient (Wildman–Crippen LogP) is 3.57. The molecular formula is C21H26N2O2. The second kappa shape index (κ2) is 8.17. The molecule has 132 valence electrons. The van der Waals surface area contributed by atoms with Gasteiger partial charge in [-0.05, 0) is 56.6 Å². The Morgan fingerprint density at radius 3 is 2.56 bits per heavy atom. The minimum atomic E-state index is -0.0600. The van der Waals surface area contributed by atoms with Crippen LogP contribution >= 0.6 is 0 Å². The highest BCUT2D eigenvalue weighted by Gasteiger charge is 2.24. The topological polar surface area (TPSA) is 41.6 Å². The molecule has 4 nitrogen and oxygen atoms in total. The van der Waals surface area contributed by atoms with Crippen molar-refractivity contribution in [3.8, 4) is 5.75 Å². The number of likely N-dealkylation sites (tertiary alicyclic amines) is 1. The molecule has 1 amide bonds. The number of methoxy groups -OCH3 is 1. The van der Waals surface area contributed by atoms with Crippen LogP contribution in [0.2, 0.25) is 0 Å². The number of nitrogens with zero attached hydrogens (tertiary/aromatic N) is 1. The predicted molar refractivity (Wildman–Crippen MR) is 100 cm³/mol. The van der Waals surface area contributed by atoms with Crippen molar-refractivity contribution in [2.45, 2.75) is 25.8 Å². The number of ether oxygens (including phenoxy) is 1.